The smallest absolute Gasteiger partial charge is 0.408 e. The molecule has 26 heavy (non-hydrogen) atoms. The van der Waals surface area contributed by atoms with Gasteiger partial charge in [0, 0.05) is 25.7 Å². The van der Waals surface area contributed by atoms with Crippen LogP contribution < -0.4 is 15.8 Å². The normalized spacial score (nSPS) is 17.3. The summed E-state index contributed by atoms with van der Waals surface area (Å²) >= 11 is 0. The van der Waals surface area contributed by atoms with Gasteiger partial charge in [0.2, 0.25) is 5.95 Å². The fourth-order valence-corrected chi connectivity index (χ4v) is 3.13. The van der Waals surface area contributed by atoms with Gasteiger partial charge in [-0.25, -0.2) is 4.79 Å². The van der Waals surface area contributed by atoms with Crippen LogP contribution in [-0.2, 0) is 11.8 Å². The van der Waals surface area contributed by atoms with Crippen molar-refractivity contribution < 1.29 is 9.53 Å². The highest BCUT2D eigenvalue weighted by atomic mass is 16.6. The number of aromatic nitrogens is 4. The number of nitrogens with one attached hydrogen (secondary N) is 2. The second kappa shape index (κ2) is 6.30. The first kappa shape index (κ1) is 18.2. The molecule has 0 spiro atoms. The third kappa shape index (κ3) is 3.66. The van der Waals surface area contributed by atoms with Crippen molar-refractivity contribution in [1.29, 1.82) is 0 Å². The average molecular weight is 362 g/mol. The molecule has 0 aliphatic carbocycles. The van der Waals surface area contributed by atoms with E-state index in [9.17, 15) is 9.59 Å². The lowest BCUT2D eigenvalue weighted by Crippen LogP contribution is -2.55. The van der Waals surface area contributed by atoms with Crippen LogP contribution in [0.4, 0.5) is 10.7 Å². The van der Waals surface area contributed by atoms with E-state index in [1.807, 2.05) is 27.7 Å². The topological polar surface area (TPSA) is 105 Å². The molecule has 3 rings (SSSR count). The number of fused-ring (bicyclic) bond motifs is 1. The molecule has 9 nitrogen and oxygen atoms in total. The fourth-order valence-electron chi connectivity index (χ4n) is 3.13. The van der Waals surface area contributed by atoms with Crippen LogP contribution in [0.2, 0.25) is 0 Å². The van der Waals surface area contributed by atoms with Gasteiger partial charge in [-0.15, -0.1) is 0 Å². The lowest BCUT2D eigenvalue weighted by atomic mass is 9.90. The Balaban J connectivity index is 1.71. The van der Waals surface area contributed by atoms with Gasteiger partial charge in [0.05, 0.1) is 6.20 Å². The number of hydrogen-bond donors (Lipinski definition) is 2. The summed E-state index contributed by atoms with van der Waals surface area (Å²) in [5.74, 6) is 0.603. The number of piperidine rings is 1. The lowest BCUT2D eigenvalue weighted by Gasteiger charge is -2.40. The van der Waals surface area contributed by atoms with Crippen molar-refractivity contribution in [2.75, 3.05) is 18.0 Å². The van der Waals surface area contributed by atoms with E-state index >= 15 is 0 Å². The quantitative estimate of drug-likeness (QED) is 0.840. The molecule has 0 unspecified atom stereocenters. The van der Waals surface area contributed by atoms with Gasteiger partial charge in [0.1, 0.15) is 11.0 Å². The Morgan fingerprint density at radius 1 is 1.35 bits per heavy atom. The van der Waals surface area contributed by atoms with Gasteiger partial charge in [0.15, 0.2) is 5.65 Å². The lowest BCUT2D eigenvalue weighted by molar-refractivity contribution is 0.0448. The van der Waals surface area contributed by atoms with Crippen molar-refractivity contribution >= 4 is 23.1 Å². The maximum Gasteiger partial charge on any atom is 0.408 e. The Morgan fingerprint density at radius 3 is 2.62 bits per heavy atom. The third-order valence-electron chi connectivity index (χ3n) is 4.62. The number of anilines is 1. The molecule has 0 bridgehead atoms. The summed E-state index contributed by atoms with van der Waals surface area (Å²) in [6.45, 7) is 8.89. The predicted octanol–water partition coefficient (Wildman–Crippen LogP) is 1.54. The van der Waals surface area contributed by atoms with Crippen LogP contribution in [0.1, 0.15) is 40.5 Å². The van der Waals surface area contributed by atoms with E-state index < -0.39 is 11.7 Å². The number of hydrogen-bond acceptors (Lipinski definition) is 6. The highest BCUT2D eigenvalue weighted by Crippen LogP contribution is 2.25. The Kier molecular flexibility index (Phi) is 4.41. The second-order valence-corrected chi connectivity index (χ2v) is 8.08. The molecule has 0 atom stereocenters. The summed E-state index contributed by atoms with van der Waals surface area (Å²) in [5, 5.41) is 10.1. The monoisotopic (exact) mass is 362 g/mol. The van der Waals surface area contributed by atoms with Crippen LogP contribution >= 0.6 is 0 Å². The molecule has 0 saturated carbocycles. The Bertz CT molecular complexity index is 871. The first-order chi connectivity index (χ1) is 12.1. The molecule has 142 valence electrons. The van der Waals surface area contributed by atoms with Gasteiger partial charge in [0.25, 0.3) is 5.56 Å². The van der Waals surface area contributed by atoms with Gasteiger partial charge >= 0.3 is 6.09 Å². The van der Waals surface area contributed by atoms with E-state index in [4.69, 9.17) is 4.74 Å². The number of aromatic amines is 1. The molecule has 0 radical (unpaired) electrons. The highest BCUT2D eigenvalue weighted by molar-refractivity contribution is 5.74. The molecule has 2 N–H and O–H groups in total. The van der Waals surface area contributed by atoms with E-state index in [1.165, 1.54) is 6.20 Å². The van der Waals surface area contributed by atoms with Crippen molar-refractivity contribution in [3.8, 4) is 0 Å². The number of nitrogens with zero attached hydrogens (tertiary/aromatic N) is 4. The van der Waals surface area contributed by atoms with Crippen LogP contribution in [0.15, 0.2) is 11.0 Å². The minimum absolute atomic E-state index is 0.126. The molecule has 3 heterocycles. The number of alkyl carbamates (subject to hydrolysis) is 1. The SMILES string of the molecule is Cn1c(N2CCC(C)(NC(=O)OC(C)(C)C)CC2)nc2[nH]ncc2c1=O. The van der Waals surface area contributed by atoms with E-state index in [1.54, 1.807) is 11.6 Å². The molecule has 1 aliphatic heterocycles. The Labute approximate surface area is 151 Å². The van der Waals surface area contributed by atoms with E-state index in [0.29, 0.717) is 30.1 Å². The highest BCUT2D eigenvalue weighted by Gasteiger charge is 2.34. The van der Waals surface area contributed by atoms with E-state index in [-0.39, 0.29) is 11.1 Å². The minimum Gasteiger partial charge on any atom is -0.444 e. The molecule has 1 aliphatic rings. The molecule has 9 heteroatoms. The minimum atomic E-state index is -0.525. The van der Waals surface area contributed by atoms with E-state index in [0.717, 1.165) is 12.8 Å². The summed E-state index contributed by atoms with van der Waals surface area (Å²) in [6, 6.07) is 0. The van der Waals surface area contributed by atoms with Crippen LogP contribution in [0.3, 0.4) is 0 Å². The third-order valence-corrected chi connectivity index (χ3v) is 4.62. The zero-order chi connectivity index (χ0) is 19.1. The van der Waals surface area contributed by atoms with Crippen LogP contribution in [0, 0.1) is 0 Å². The Hall–Kier alpha value is -2.58. The van der Waals surface area contributed by atoms with Crippen LogP contribution in [0.25, 0.3) is 11.0 Å². The molecular formula is C17H26N6O3. The number of ether oxygens (including phenoxy) is 1. The average Bonchev–Trinajstić information content (AvgIpc) is 2.98. The van der Waals surface area contributed by atoms with Gasteiger partial charge in [-0.05, 0) is 40.5 Å². The predicted molar refractivity (Wildman–Crippen MR) is 98.4 cm³/mol. The summed E-state index contributed by atoms with van der Waals surface area (Å²) < 4.78 is 6.90. The zero-order valence-corrected chi connectivity index (χ0v) is 15.9. The van der Waals surface area contributed by atoms with Gasteiger partial charge in [-0.3, -0.25) is 14.5 Å². The molecule has 2 aromatic rings. The van der Waals surface area contributed by atoms with Gasteiger partial charge < -0.3 is 15.0 Å². The van der Waals surface area contributed by atoms with Gasteiger partial charge in [-0.2, -0.15) is 10.1 Å². The number of amides is 1. The standard InChI is InChI=1S/C17H26N6O3/c1-16(2,3)26-15(25)20-17(4)6-8-23(9-7-17)14-19-12-11(10-18-21-12)13(24)22(14)5/h10H,6-9H2,1-5H3,(H,18,21)(H,20,25). The summed E-state index contributed by atoms with van der Waals surface area (Å²) in [6.07, 6.45) is 2.54. The van der Waals surface area contributed by atoms with Crippen LogP contribution in [0.5, 0.6) is 0 Å². The molecule has 1 fully saturated rings. The molecule has 0 aromatic carbocycles. The Morgan fingerprint density at radius 2 is 2.00 bits per heavy atom. The number of rotatable bonds is 2. The molecule has 1 saturated heterocycles. The molecular weight excluding hydrogens is 336 g/mol. The maximum atomic E-state index is 12.4. The number of carbonyl (C=O) groups is 1. The summed E-state index contributed by atoms with van der Waals surface area (Å²) in [4.78, 5) is 31.1. The van der Waals surface area contributed by atoms with Crippen molar-refractivity contribution in [2.45, 2.75) is 51.7 Å². The van der Waals surface area contributed by atoms with Crippen LogP contribution in [-0.4, -0.2) is 50.1 Å². The maximum absolute atomic E-state index is 12.4. The zero-order valence-electron chi connectivity index (χ0n) is 15.9. The largest absolute Gasteiger partial charge is 0.444 e. The first-order valence-electron chi connectivity index (χ1n) is 8.74. The fraction of sp³-hybridized carbons (Fsp3) is 0.647. The summed E-state index contributed by atoms with van der Waals surface area (Å²) in [5.41, 5.74) is -0.513. The van der Waals surface area contributed by atoms with Crippen molar-refractivity contribution in [3.05, 3.63) is 16.6 Å². The first-order valence-corrected chi connectivity index (χ1v) is 8.74. The second-order valence-electron chi connectivity index (χ2n) is 8.08. The van der Waals surface area contributed by atoms with Crippen molar-refractivity contribution in [1.82, 2.24) is 25.1 Å². The van der Waals surface area contributed by atoms with Crippen molar-refractivity contribution in [2.24, 2.45) is 7.05 Å². The number of H-pyrrole nitrogens is 1. The van der Waals surface area contributed by atoms with E-state index in [2.05, 4.69) is 25.4 Å². The molecule has 1 amide bonds. The van der Waals surface area contributed by atoms with Gasteiger partial charge in [-0.1, -0.05) is 0 Å². The number of carbonyl (C=O) groups excluding carboxylic acids is 1. The summed E-state index contributed by atoms with van der Waals surface area (Å²) in [7, 11) is 1.71. The molecule has 2 aromatic heterocycles. The van der Waals surface area contributed by atoms with Crippen molar-refractivity contribution in [3.63, 3.8) is 0 Å².